The van der Waals surface area contributed by atoms with E-state index in [1.165, 1.54) is 6.92 Å². The van der Waals surface area contributed by atoms with Gasteiger partial charge in [0, 0.05) is 12.0 Å². The molecule has 0 saturated heterocycles. The van der Waals surface area contributed by atoms with Gasteiger partial charge in [0.15, 0.2) is 11.6 Å². The summed E-state index contributed by atoms with van der Waals surface area (Å²) < 4.78 is 5.22. The second kappa shape index (κ2) is 12.9. The first kappa shape index (κ1) is 24.6. The highest BCUT2D eigenvalue weighted by Crippen LogP contribution is 2.09. The minimum atomic E-state index is -0.960. The topological polar surface area (TPSA) is 105 Å². The van der Waals surface area contributed by atoms with Gasteiger partial charge in [-0.05, 0) is 25.6 Å². The van der Waals surface area contributed by atoms with Gasteiger partial charge < -0.3 is 4.74 Å². The Hall–Kier alpha value is -3.65. The fraction of sp³-hybridized carbons (Fsp3) is 0.292. The molecule has 2 aromatic rings. The number of Topliss-reactive ketones (excluding diaryl/α,β-unsaturated/α-hetero) is 2. The monoisotopic (exact) mass is 437 g/mol. The molecule has 1 atom stereocenters. The Morgan fingerprint density at radius 1 is 1.03 bits per heavy atom. The first-order valence-electron chi connectivity index (χ1n) is 10.2. The predicted octanol–water partition coefficient (Wildman–Crippen LogP) is 2.38. The number of nitrogens with one attached hydrogen (secondary N) is 1. The average Bonchev–Trinajstić information content (AvgIpc) is 2.81. The molecule has 2 aromatic carbocycles. The van der Waals surface area contributed by atoms with Crippen molar-refractivity contribution in [3.8, 4) is 0 Å². The Balaban J connectivity index is 1.90. The molecular formula is C24H27N3O5. The first-order chi connectivity index (χ1) is 15.4. The number of ketones is 2. The van der Waals surface area contributed by atoms with Crippen molar-refractivity contribution in [2.75, 3.05) is 13.1 Å². The van der Waals surface area contributed by atoms with E-state index < -0.39 is 17.9 Å². The fourth-order valence-electron chi connectivity index (χ4n) is 2.87. The number of carbonyl (C=O) groups is 4. The van der Waals surface area contributed by atoms with Crippen molar-refractivity contribution in [3.05, 3.63) is 71.8 Å². The third-order valence-corrected chi connectivity index (χ3v) is 4.54. The van der Waals surface area contributed by atoms with Crippen LogP contribution in [0.15, 0.2) is 65.7 Å². The lowest BCUT2D eigenvalue weighted by Gasteiger charge is -2.25. The second-order valence-electron chi connectivity index (χ2n) is 7.13. The Morgan fingerprint density at radius 2 is 1.66 bits per heavy atom. The number of hydrazine groups is 1. The zero-order valence-electron chi connectivity index (χ0n) is 18.0. The first-order valence-corrected chi connectivity index (χ1v) is 10.2. The van der Waals surface area contributed by atoms with Crippen molar-refractivity contribution in [1.82, 2.24) is 10.4 Å². The summed E-state index contributed by atoms with van der Waals surface area (Å²) in [5.74, 6) is -1.53. The SMILES string of the molecule is C=NC(CCC(=O)OCc1ccccc1)C(=O)N(CC(C)=O)NCC(=O)c1ccccc1. The molecule has 2 rings (SSSR count). The molecule has 1 unspecified atom stereocenters. The van der Waals surface area contributed by atoms with Crippen LogP contribution in [-0.2, 0) is 25.7 Å². The number of carbonyl (C=O) groups excluding carboxylic acids is 4. The minimum absolute atomic E-state index is 0.0425. The van der Waals surface area contributed by atoms with Crippen LogP contribution in [0.2, 0.25) is 0 Å². The van der Waals surface area contributed by atoms with Gasteiger partial charge >= 0.3 is 5.97 Å². The van der Waals surface area contributed by atoms with Crippen LogP contribution < -0.4 is 5.43 Å². The molecule has 0 fully saturated rings. The van der Waals surface area contributed by atoms with Crippen LogP contribution in [0.1, 0.15) is 35.7 Å². The lowest BCUT2D eigenvalue weighted by atomic mass is 10.1. The van der Waals surface area contributed by atoms with Crippen molar-refractivity contribution >= 4 is 30.2 Å². The normalized spacial score (nSPS) is 11.3. The quantitative estimate of drug-likeness (QED) is 0.223. The fourth-order valence-corrected chi connectivity index (χ4v) is 2.87. The zero-order valence-corrected chi connectivity index (χ0v) is 18.0. The van der Waals surface area contributed by atoms with Crippen LogP contribution in [0.4, 0.5) is 0 Å². The number of esters is 1. The summed E-state index contributed by atoms with van der Waals surface area (Å²) in [6, 6.07) is 16.9. The standard InChI is InChI=1S/C24H27N3O5/c1-18(28)16-27(26-15-22(29)20-11-7-4-8-12-20)24(31)21(25-2)13-14-23(30)32-17-19-9-5-3-6-10-19/h3-12,21,26H,2,13-17H2,1H3. The van der Waals surface area contributed by atoms with Gasteiger partial charge in [-0.25, -0.2) is 5.43 Å². The van der Waals surface area contributed by atoms with Gasteiger partial charge in [-0.3, -0.25) is 29.2 Å². The summed E-state index contributed by atoms with van der Waals surface area (Å²) in [7, 11) is 0. The largest absolute Gasteiger partial charge is 0.461 e. The molecule has 0 aliphatic heterocycles. The lowest BCUT2D eigenvalue weighted by Crippen LogP contribution is -2.51. The molecule has 0 aliphatic rings. The molecule has 0 radical (unpaired) electrons. The molecule has 8 heteroatoms. The van der Waals surface area contributed by atoms with Crippen molar-refractivity contribution in [1.29, 1.82) is 0 Å². The third-order valence-electron chi connectivity index (χ3n) is 4.54. The molecule has 1 amide bonds. The van der Waals surface area contributed by atoms with E-state index in [2.05, 4.69) is 17.1 Å². The Morgan fingerprint density at radius 3 is 2.25 bits per heavy atom. The highest BCUT2D eigenvalue weighted by molar-refractivity contribution is 5.98. The van der Waals surface area contributed by atoms with Crippen molar-refractivity contribution in [2.45, 2.75) is 32.4 Å². The molecule has 0 aromatic heterocycles. The maximum atomic E-state index is 12.9. The van der Waals surface area contributed by atoms with Gasteiger partial charge in [0.1, 0.15) is 12.6 Å². The van der Waals surface area contributed by atoms with Gasteiger partial charge in [0.25, 0.3) is 5.91 Å². The van der Waals surface area contributed by atoms with Crippen molar-refractivity contribution < 1.29 is 23.9 Å². The van der Waals surface area contributed by atoms with E-state index in [1.54, 1.807) is 30.3 Å². The lowest BCUT2D eigenvalue weighted by molar-refractivity contribution is -0.145. The summed E-state index contributed by atoms with van der Waals surface area (Å²) in [6.07, 6.45) is 0.0256. The number of amides is 1. The molecular weight excluding hydrogens is 410 g/mol. The maximum absolute atomic E-state index is 12.9. The van der Waals surface area contributed by atoms with Gasteiger partial charge in [-0.2, -0.15) is 0 Å². The van der Waals surface area contributed by atoms with Gasteiger partial charge in [-0.1, -0.05) is 60.7 Å². The number of aliphatic imine (C=N–C) groups is 1. The zero-order chi connectivity index (χ0) is 23.3. The predicted molar refractivity (Wildman–Crippen MR) is 120 cm³/mol. The molecule has 8 nitrogen and oxygen atoms in total. The van der Waals surface area contributed by atoms with Crippen LogP contribution in [0.25, 0.3) is 0 Å². The summed E-state index contributed by atoms with van der Waals surface area (Å²) >= 11 is 0. The number of rotatable bonds is 13. The average molecular weight is 437 g/mol. The van der Waals surface area contributed by atoms with E-state index in [1.807, 2.05) is 30.3 Å². The summed E-state index contributed by atoms with van der Waals surface area (Å²) in [4.78, 5) is 52.7. The molecule has 1 N–H and O–H groups in total. The Bertz CT molecular complexity index is 931. The molecule has 168 valence electrons. The van der Waals surface area contributed by atoms with Crippen molar-refractivity contribution in [3.63, 3.8) is 0 Å². The number of ether oxygens (including phenoxy) is 1. The van der Waals surface area contributed by atoms with Crippen LogP contribution >= 0.6 is 0 Å². The minimum Gasteiger partial charge on any atom is -0.461 e. The van der Waals surface area contributed by atoms with E-state index in [0.29, 0.717) is 5.56 Å². The van der Waals surface area contributed by atoms with Gasteiger partial charge in [-0.15, -0.1) is 0 Å². The van der Waals surface area contributed by atoms with Crippen LogP contribution in [0.5, 0.6) is 0 Å². The van der Waals surface area contributed by atoms with Gasteiger partial charge in [0.05, 0.1) is 13.1 Å². The summed E-state index contributed by atoms with van der Waals surface area (Å²) in [5.41, 5.74) is 4.05. The van der Waals surface area contributed by atoms with Crippen LogP contribution in [0.3, 0.4) is 0 Å². The summed E-state index contributed by atoms with van der Waals surface area (Å²) in [5, 5.41) is 1.05. The molecule has 0 saturated carbocycles. The second-order valence-corrected chi connectivity index (χ2v) is 7.13. The molecule has 0 heterocycles. The van der Waals surface area contributed by atoms with E-state index in [9.17, 15) is 19.2 Å². The third kappa shape index (κ3) is 8.23. The summed E-state index contributed by atoms with van der Waals surface area (Å²) in [6.45, 7) is 4.48. The number of hydrogen-bond donors (Lipinski definition) is 1. The highest BCUT2D eigenvalue weighted by atomic mass is 16.5. The van der Waals surface area contributed by atoms with Crippen molar-refractivity contribution in [2.24, 2.45) is 4.99 Å². The molecule has 32 heavy (non-hydrogen) atoms. The number of hydrogen-bond acceptors (Lipinski definition) is 7. The smallest absolute Gasteiger partial charge is 0.306 e. The molecule has 0 aliphatic carbocycles. The number of nitrogens with zero attached hydrogens (tertiary/aromatic N) is 2. The van der Waals surface area contributed by atoms with Crippen LogP contribution in [-0.4, -0.2) is 54.3 Å². The van der Waals surface area contributed by atoms with Gasteiger partial charge in [0.2, 0.25) is 0 Å². The van der Waals surface area contributed by atoms with E-state index >= 15 is 0 Å². The highest BCUT2D eigenvalue weighted by Gasteiger charge is 2.25. The molecule has 0 spiro atoms. The van der Waals surface area contributed by atoms with Crippen LogP contribution in [0, 0.1) is 0 Å². The molecule has 0 bridgehead atoms. The van der Waals surface area contributed by atoms with E-state index in [0.717, 1.165) is 10.6 Å². The van der Waals surface area contributed by atoms with E-state index in [-0.39, 0.29) is 44.1 Å². The Kier molecular flexibility index (Phi) is 9.93. The maximum Gasteiger partial charge on any atom is 0.306 e. The number of benzene rings is 2. The van der Waals surface area contributed by atoms with E-state index in [4.69, 9.17) is 4.74 Å². The Labute approximate surface area is 187 Å².